The van der Waals surface area contributed by atoms with Gasteiger partial charge in [-0.25, -0.2) is 0 Å². The van der Waals surface area contributed by atoms with Crippen molar-refractivity contribution in [2.24, 2.45) is 0 Å². The number of para-hydroxylation sites is 1. The number of methoxy groups -OCH3 is 1. The molecule has 1 heterocycles. The van der Waals surface area contributed by atoms with Crippen LogP contribution in [-0.2, 0) is 4.79 Å². The SMILES string of the molecule is COc1ccccc1C(=O)/C=C1/NC(=O)CS1. The van der Waals surface area contributed by atoms with Gasteiger partial charge in [-0.3, -0.25) is 9.59 Å². The Bertz CT molecular complexity index is 496. The summed E-state index contributed by atoms with van der Waals surface area (Å²) >= 11 is 1.33. The summed E-state index contributed by atoms with van der Waals surface area (Å²) in [5.74, 6) is 0.648. The second kappa shape index (κ2) is 5.05. The van der Waals surface area contributed by atoms with E-state index in [9.17, 15) is 9.59 Å². The van der Waals surface area contributed by atoms with Gasteiger partial charge < -0.3 is 10.1 Å². The zero-order valence-corrected chi connectivity index (χ0v) is 10.0. The van der Waals surface area contributed by atoms with Crippen LogP contribution in [-0.4, -0.2) is 24.6 Å². The van der Waals surface area contributed by atoms with Crippen molar-refractivity contribution >= 4 is 23.5 Å². The summed E-state index contributed by atoms with van der Waals surface area (Å²) in [7, 11) is 1.52. The van der Waals surface area contributed by atoms with Gasteiger partial charge in [0.1, 0.15) is 5.75 Å². The first-order valence-electron chi connectivity index (χ1n) is 5.02. The number of carbonyl (C=O) groups is 2. The van der Waals surface area contributed by atoms with Crippen LogP contribution in [0.25, 0.3) is 0 Å². The minimum Gasteiger partial charge on any atom is -0.496 e. The molecule has 0 bridgehead atoms. The molecule has 0 saturated carbocycles. The van der Waals surface area contributed by atoms with Gasteiger partial charge in [-0.15, -0.1) is 0 Å². The highest BCUT2D eigenvalue weighted by molar-refractivity contribution is 8.04. The Hall–Kier alpha value is -1.75. The van der Waals surface area contributed by atoms with Crippen molar-refractivity contribution in [3.63, 3.8) is 0 Å². The summed E-state index contributed by atoms with van der Waals surface area (Å²) in [6.07, 6.45) is 1.42. The molecule has 0 spiro atoms. The third-order valence-corrected chi connectivity index (χ3v) is 3.19. The number of allylic oxidation sites excluding steroid dienone is 1. The van der Waals surface area contributed by atoms with E-state index in [1.165, 1.54) is 24.9 Å². The van der Waals surface area contributed by atoms with E-state index in [1.807, 2.05) is 0 Å². The number of thioether (sulfide) groups is 1. The van der Waals surface area contributed by atoms with Crippen LogP contribution < -0.4 is 10.1 Å². The van der Waals surface area contributed by atoms with E-state index in [0.29, 0.717) is 22.1 Å². The topological polar surface area (TPSA) is 55.4 Å². The summed E-state index contributed by atoms with van der Waals surface area (Å²) in [5.41, 5.74) is 0.490. The van der Waals surface area contributed by atoms with E-state index in [1.54, 1.807) is 24.3 Å². The van der Waals surface area contributed by atoms with Crippen LogP contribution in [0.4, 0.5) is 0 Å². The largest absolute Gasteiger partial charge is 0.496 e. The number of hydrogen-bond donors (Lipinski definition) is 1. The monoisotopic (exact) mass is 249 g/mol. The lowest BCUT2D eigenvalue weighted by molar-refractivity contribution is -0.117. The number of rotatable bonds is 3. The van der Waals surface area contributed by atoms with E-state index in [4.69, 9.17) is 4.74 Å². The van der Waals surface area contributed by atoms with Gasteiger partial charge in [0.05, 0.1) is 23.5 Å². The van der Waals surface area contributed by atoms with Crippen LogP contribution in [0.2, 0.25) is 0 Å². The summed E-state index contributed by atoms with van der Waals surface area (Å²) < 4.78 is 5.11. The molecule has 17 heavy (non-hydrogen) atoms. The minimum atomic E-state index is -0.174. The zero-order valence-electron chi connectivity index (χ0n) is 9.23. The van der Waals surface area contributed by atoms with Crippen LogP contribution >= 0.6 is 11.8 Å². The highest BCUT2D eigenvalue weighted by Gasteiger charge is 2.17. The molecule has 1 aliphatic rings. The smallest absolute Gasteiger partial charge is 0.235 e. The lowest BCUT2D eigenvalue weighted by Crippen LogP contribution is -2.14. The van der Waals surface area contributed by atoms with Crippen LogP contribution in [0.5, 0.6) is 5.75 Å². The molecular formula is C12H11NO3S. The first-order valence-corrected chi connectivity index (χ1v) is 6.01. The molecular weight excluding hydrogens is 238 g/mol. The highest BCUT2D eigenvalue weighted by Crippen LogP contribution is 2.22. The number of nitrogens with one attached hydrogen (secondary N) is 1. The molecule has 1 fully saturated rings. The van der Waals surface area contributed by atoms with E-state index < -0.39 is 0 Å². The Morgan fingerprint density at radius 3 is 2.88 bits per heavy atom. The maximum Gasteiger partial charge on any atom is 0.235 e. The Labute approximate surface area is 103 Å². The molecule has 0 aromatic heterocycles. The van der Waals surface area contributed by atoms with E-state index in [0.717, 1.165) is 0 Å². The summed E-state index contributed by atoms with van der Waals surface area (Å²) in [6.45, 7) is 0. The molecule has 0 unspecified atom stereocenters. The van der Waals surface area contributed by atoms with Crippen molar-refractivity contribution in [2.45, 2.75) is 0 Å². The lowest BCUT2D eigenvalue weighted by Gasteiger charge is -2.04. The predicted molar refractivity (Wildman–Crippen MR) is 66.0 cm³/mol. The molecule has 1 aromatic rings. The molecule has 1 N–H and O–H groups in total. The minimum absolute atomic E-state index is 0.0749. The van der Waals surface area contributed by atoms with Crippen molar-refractivity contribution < 1.29 is 14.3 Å². The maximum atomic E-state index is 12.0. The standard InChI is InChI=1S/C12H11NO3S/c1-16-10-5-3-2-4-8(10)9(14)6-12-13-11(15)7-17-12/h2-6H,7H2,1H3,(H,13,15)/b12-6-. The number of amides is 1. The van der Waals surface area contributed by atoms with Crippen LogP contribution in [0.15, 0.2) is 35.4 Å². The van der Waals surface area contributed by atoms with E-state index in [2.05, 4.69) is 5.32 Å². The fraction of sp³-hybridized carbons (Fsp3) is 0.167. The second-order valence-electron chi connectivity index (χ2n) is 3.41. The first-order chi connectivity index (χ1) is 8.20. The Morgan fingerprint density at radius 1 is 1.47 bits per heavy atom. The maximum absolute atomic E-state index is 12.0. The van der Waals surface area contributed by atoms with Crippen LogP contribution in [0, 0.1) is 0 Å². The van der Waals surface area contributed by atoms with Gasteiger partial charge in [-0.1, -0.05) is 23.9 Å². The molecule has 2 rings (SSSR count). The number of carbonyl (C=O) groups excluding carboxylic acids is 2. The molecule has 4 nitrogen and oxygen atoms in total. The molecule has 0 atom stereocenters. The normalized spacial score (nSPS) is 17.0. The summed E-state index contributed by atoms with van der Waals surface area (Å²) in [6, 6.07) is 7.00. The van der Waals surface area contributed by atoms with Crippen molar-refractivity contribution in [3.05, 3.63) is 40.9 Å². The number of benzene rings is 1. The zero-order chi connectivity index (χ0) is 12.3. The van der Waals surface area contributed by atoms with Gasteiger partial charge in [-0.05, 0) is 12.1 Å². The Kier molecular flexibility index (Phi) is 3.49. The van der Waals surface area contributed by atoms with Crippen molar-refractivity contribution in [1.29, 1.82) is 0 Å². The Balaban J connectivity index is 2.23. The van der Waals surface area contributed by atoms with Crippen molar-refractivity contribution in [1.82, 2.24) is 5.32 Å². The van der Waals surface area contributed by atoms with Gasteiger partial charge in [0.15, 0.2) is 5.78 Å². The predicted octanol–water partition coefficient (Wildman–Crippen LogP) is 1.58. The van der Waals surface area contributed by atoms with Crippen molar-refractivity contribution in [2.75, 3.05) is 12.9 Å². The van der Waals surface area contributed by atoms with Gasteiger partial charge in [0, 0.05) is 6.08 Å². The molecule has 1 amide bonds. The second-order valence-corrected chi connectivity index (χ2v) is 4.43. The Morgan fingerprint density at radius 2 is 2.24 bits per heavy atom. The van der Waals surface area contributed by atoms with Gasteiger partial charge >= 0.3 is 0 Å². The molecule has 1 aromatic carbocycles. The quantitative estimate of drug-likeness (QED) is 0.652. The molecule has 1 saturated heterocycles. The third-order valence-electron chi connectivity index (χ3n) is 2.26. The molecule has 5 heteroatoms. The summed E-state index contributed by atoms with van der Waals surface area (Å²) in [4.78, 5) is 23.0. The fourth-order valence-corrected chi connectivity index (χ4v) is 2.21. The van der Waals surface area contributed by atoms with Crippen LogP contribution in [0.1, 0.15) is 10.4 Å². The average Bonchev–Trinajstić information content (AvgIpc) is 2.74. The van der Waals surface area contributed by atoms with Gasteiger partial charge in [-0.2, -0.15) is 0 Å². The van der Waals surface area contributed by atoms with E-state index in [-0.39, 0.29) is 11.7 Å². The fourth-order valence-electron chi connectivity index (χ4n) is 1.48. The third kappa shape index (κ3) is 2.68. The van der Waals surface area contributed by atoms with E-state index >= 15 is 0 Å². The van der Waals surface area contributed by atoms with Crippen molar-refractivity contribution in [3.8, 4) is 5.75 Å². The molecule has 1 aliphatic heterocycles. The average molecular weight is 249 g/mol. The number of hydrogen-bond acceptors (Lipinski definition) is 4. The molecule has 88 valence electrons. The molecule has 0 aliphatic carbocycles. The van der Waals surface area contributed by atoms with Gasteiger partial charge in [0.25, 0.3) is 0 Å². The first kappa shape index (κ1) is 11.7. The number of ether oxygens (including phenoxy) is 1. The highest BCUT2D eigenvalue weighted by atomic mass is 32.2. The lowest BCUT2D eigenvalue weighted by atomic mass is 10.1. The summed E-state index contributed by atoms with van der Waals surface area (Å²) in [5, 5.41) is 3.20. The molecule has 0 radical (unpaired) electrons. The number of ketones is 1. The van der Waals surface area contributed by atoms with Crippen LogP contribution in [0.3, 0.4) is 0 Å². The van der Waals surface area contributed by atoms with Gasteiger partial charge in [0.2, 0.25) is 5.91 Å².